The standard InChI is InChI=1S/C24H38N4O2/c1-17(2)16-30-22-11-7-18(8-12-22)13-14-26-24(25-3)28-21-6-4-5-19(15-21)23(29)27-20-9-10-20/h7-8,11-12,17,19-21H,4-6,9-10,13-16H2,1-3H3,(H,27,29)(H2,25,26,28). The molecular weight excluding hydrogens is 376 g/mol. The summed E-state index contributed by atoms with van der Waals surface area (Å²) in [6.07, 6.45) is 7.27. The molecule has 0 spiro atoms. The van der Waals surface area contributed by atoms with Crippen LogP contribution in [0.25, 0.3) is 0 Å². The van der Waals surface area contributed by atoms with E-state index in [0.717, 1.165) is 69.8 Å². The third kappa shape index (κ3) is 7.54. The molecule has 0 heterocycles. The molecule has 6 nitrogen and oxygen atoms in total. The fraction of sp³-hybridized carbons (Fsp3) is 0.667. The van der Waals surface area contributed by atoms with E-state index in [1.807, 2.05) is 12.1 Å². The predicted octanol–water partition coefficient (Wildman–Crippen LogP) is 3.27. The van der Waals surface area contributed by atoms with Crippen molar-refractivity contribution in [1.29, 1.82) is 0 Å². The fourth-order valence-corrected chi connectivity index (χ4v) is 3.83. The summed E-state index contributed by atoms with van der Waals surface area (Å²) in [7, 11) is 1.80. The highest BCUT2D eigenvalue weighted by Crippen LogP contribution is 2.26. The monoisotopic (exact) mass is 414 g/mol. The van der Waals surface area contributed by atoms with Gasteiger partial charge in [-0.15, -0.1) is 0 Å². The fourth-order valence-electron chi connectivity index (χ4n) is 3.83. The quantitative estimate of drug-likeness (QED) is 0.428. The Bertz CT molecular complexity index is 698. The van der Waals surface area contributed by atoms with Crippen molar-refractivity contribution in [2.45, 2.75) is 70.9 Å². The first-order chi connectivity index (χ1) is 14.5. The summed E-state index contributed by atoms with van der Waals surface area (Å²) >= 11 is 0. The van der Waals surface area contributed by atoms with E-state index < -0.39 is 0 Å². The average molecular weight is 415 g/mol. The molecule has 2 unspecified atom stereocenters. The van der Waals surface area contributed by atoms with E-state index in [-0.39, 0.29) is 11.8 Å². The lowest BCUT2D eigenvalue weighted by Gasteiger charge is -2.30. The third-order valence-electron chi connectivity index (χ3n) is 5.75. The highest BCUT2D eigenvalue weighted by atomic mass is 16.5. The summed E-state index contributed by atoms with van der Waals surface area (Å²) in [6, 6.07) is 9.07. The Labute approximate surface area is 181 Å². The smallest absolute Gasteiger partial charge is 0.223 e. The van der Waals surface area contributed by atoms with Crippen LogP contribution in [-0.4, -0.2) is 44.1 Å². The Morgan fingerprint density at radius 3 is 2.53 bits per heavy atom. The Hall–Kier alpha value is -2.24. The van der Waals surface area contributed by atoms with Crippen molar-refractivity contribution in [3.63, 3.8) is 0 Å². The molecule has 0 aromatic heterocycles. The zero-order valence-electron chi connectivity index (χ0n) is 18.7. The van der Waals surface area contributed by atoms with Crippen LogP contribution in [0.4, 0.5) is 0 Å². The van der Waals surface area contributed by atoms with E-state index in [1.54, 1.807) is 7.05 Å². The summed E-state index contributed by atoms with van der Waals surface area (Å²) in [5.41, 5.74) is 1.27. The number of ether oxygens (including phenoxy) is 1. The minimum atomic E-state index is 0.131. The van der Waals surface area contributed by atoms with Gasteiger partial charge in [-0.25, -0.2) is 0 Å². The third-order valence-corrected chi connectivity index (χ3v) is 5.75. The number of rotatable bonds is 9. The van der Waals surface area contributed by atoms with Crippen molar-refractivity contribution >= 4 is 11.9 Å². The van der Waals surface area contributed by atoms with Crippen LogP contribution in [0.5, 0.6) is 5.75 Å². The number of aliphatic imine (C=N–C) groups is 1. The van der Waals surface area contributed by atoms with E-state index >= 15 is 0 Å². The molecule has 3 N–H and O–H groups in total. The lowest BCUT2D eigenvalue weighted by atomic mass is 9.85. The number of hydrogen-bond donors (Lipinski definition) is 3. The van der Waals surface area contributed by atoms with Crippen LogP contribution in [0.2, 0.25) is 0 Å². The van der Waals surface area contributed by atoms with Crippen molar-refractivity contribution < 1.29 is 9.53 Å². The average Bonchev–Trinajstić information content (AvgIpc) is 3.56. The molecule has 0 aliphatic heterocycles. The number of carbonyl (C=O) groups excluding carboxylic acids is 1. The van der Waals surface area contributed by atoms with Gasteiger partial charge < -0.3 is 20.7 Å². The number of benzene rings is 1. The summed E-state index contributed by atoms with van der Waals surface area (Å²) in [5.74, 6) is 2.65. The number of nitrogens with zero attached hydrogens (tertiary/aromatic N) is 1. The SMILES string of the molecule is CN=C(NCCc1ccc(OCC(C)C)cc1)NC1CCCC(C(=O)NC2CC2)C1. The predicted molar refractivity (Wildman–Crippen MR) is 122 cm³/mol. The van der Waals surface area contributed by atoms with E-state index in [2.05, 4.69) is 46.9 Å². The minimum absolute atomic E-state index is 0.131. The summed E-state index contributed by atoms with van der Waals surface area (Å²) in [5, 5.41) is 10.1. The van der Waals surface area contributed by atoms with E-state index in [1.165, 1.54) is 5.56 Å². The number of carbonyl (C=O) groups is 1. The van der Waals surface area contributed by atoms with E-state index in [9.17, 15) is 4.79 Å². The maximum Gasteiger partial charge on any atom is 0.223 e. The Kier molecular flexibility index (Phi) is 8.40. The normalized spacial score (nSPS) is 21.9. The molecule has 0 radical (unpaired) electrons. The van der Waals surface area contributed by atoms with Crippen LogP contribution >= 0.6 is 0 Å². The van der Waals surface area contributed by atoms with Crippen molar-refractivity contribution in [1.82, 2.24) is 16.0 Å². The second-order valence-corrected chi connectivity index (χ2v) is 9.09. The molecule has 6 heteroatoms. The van der Waals surface area contributed by atoms with Gasteiger partial charge in [0.15, 0.2) is 5.96 Å². The molecule has 1 aromatic rings. The van der Waals surface area contributed by atoms with Gasteiger partial charge in [0.1, 0.15) is 5.75 Å². The van der Waals surface area contributed by atoms with Gasteiger partial charge in [0.05, 0.1) is 6.61 Å². The summed E-state index contributed by atoms with van der Waals surface area (Å²) in [4.78, 5) is 16.8. The van der Waals surface area contributed by atoms with Crippen LogP contribution in [-0.2, 0) is 11.2 Å². The molecule has 2 aliphatic rings. The highest BCUT2D eigenvalue weighted by Gasteiger charge is 2.31. The lowest BCUT2D eigenvalue weighted by molar-refractivity contribution is -0.126. The zero-order chi connectivity index (χ0) is 21.3. The van der Waals surface area contributed by atoms with Crippen LogP contribution in [0.1, 0.15) is 57.9 Å². The second kappa shape index (κ2) is 11.2. The Morgan fingerprint density at radius 2 is 1.87 bits per heavy atom. The molecule has 0 bridgehead atoms. The van der Waals surface area contributed by atoms with Crippen LogP contribution < -0.4 is 20.7 Å². The summed E-state index contributed by atoms with van der Waals surface area (Å²) in [6.45, 7) is 5.85. The molecular formula is C24H38N4O2. The maximum atomic E-state index is 12.4. The number of guanidine groups is 1. The minimum Gasteiger partial charge on any atom is -0.493 e. The molecule has 1 amide bonds. The lowest BCUT2D eigenvalue weighted by Crippen LogP contribution is -2.47. The molecule has 3 rings (SSSR count). The van der Waals surface area contributed by atoms with Gasteiger partial charge in [-0.2, -0.15) is 0 Å². The molecule has 2 fully saturated rings. The first kappa shape index (κ1) is 22.4. The van der Waals surface area contributed by atoms with Crippen LogP contribution in [0.3, 0.4) is 0 Å². The van der Waals surface area contributed by atoms with Gasteiger partial charge in [-0.3, -0.25) is 9.79 Å². The molecule has 1 aromatic carbocycles. The molecule has 0 saturated heterocycles. The number of nitrogens with one attached hydrogen (secondary N) is 3. The zero-order valence-corrected chi connectivity index (χ0v) is 18.7. The topological polar surface area (TPSA) is 74.8 Å². The number of hydrogen-bond acceptors (Lipinski definition) is 3. The Balaban J connectivity index is 1.38. The van der Waals surface area contributed by atoms with Crippen LogP contribution in [0, 0.1) is 11.8 Å². The molecule has 2 atom stereocenters. The van der Waals surface area contributed by atoms with Crippen LogP contribution in [0.15, 0.2) is 29.3 Å². The number of amides is 1. The van der Waals surface area contributed by atoms with Gasteiger partial charge >= 0.3 is 0 Å². The van der Waals surface area contributed by atoms with Gasteiger partial charge in [-0.05, 0) is 62.1 Å². The van der Waals surface area contributed by atoms with Gasteiger partial charge in [-0.1, -0.05) is 32.4 Å². The van der Waals surface area contributed by atoms with Crippen molar-refractivity contribution in [2.24, 2.45) is 16.8 Å². The van der Waals surface area contributed by atoms with Gasteiger partial charge in [0, 0.05) is 31.6 Å². The molecule has 2 saturated carbocycles. The van der Waals surface area contributed by atoms with Gasteiger partial charge in [0.2, 0.25) is 5.91 Å². The molecule has 30 heavy (non-hydrogen) atoms. The highest BCUT2D eigenvalue weighted by molar-refractivity contribution is 5.81. The van der Waals surface area contributed by atoms with Crippen molar-refractivity contribution in [3.8, 4) is 5.75 Å². The first-order valence-electron chi connectivity index (χ1n) is 11.5. The second-order valence-electron chi connectivity index (χ2n) is 9.09. The first-order valence-corrected chi connectivity index (χ1v) is 11.5. The Morgan fingerprint density at radius 1 is 1.10 bits per heavy atom. The van der Waals surface area contributed by atoms with E-state index in [4.69, 9.17) is 4.74 Å². The van der Waals surface area contributed by atoms with Crippen molar-refractivity contribution in [3.05, 3.63) is 29.8 Å². The summed E-state index contributed by atoms with van der Waals surface area (Å²) < 4.78 is 5.74. The maximum absolute atomic E-state index is 12.4. The molecule has 166 valence electrons. The van der Waals surface area contributed by atoms with Crippen molar-refractivity contribution in [2.75, 3.05) is 20.2 Å². The van der Waals surface area contributed by atoms with Gasteiger partial charge in [0.25, 0.3) is 0 Å². The largest absolute Gasteiger partial charge is 0.493 e. The molecule has 2 aliphatic carbocycles. The van der Waals surface area contributed by atoms with E-state index in [0.29, 0.717) is 18.0 Å².